The van der Waals surface area contributed by atoms with Gasteiger partial charge >= 0.3 is 11.8 Å². The molecule has 0 bridgehead atoms. The van der Waals surface area contributed by atoms with Gasteiger partial charge < -0.3 is 25.2 Å². The molecule has 7 heteroatoms. The third-order valence-corrected chi connectivity index (χ3v) is 4.50. The number of phenolic OH excluding ortho intramolecular Hbond substituents is 1. The van der Waals surface area contributed by atoms with Crippen molar-refractivity contribution in [3.8, 4) is 17.2 Å². The largest absolute Gasteiger partial charge is 0.507 e. The van der Waals surface area contributed by atoms with Gasteiger partial charge in [0.2, 0.25) is 0 Å². The summed E-state index contributed by atoms with van der Waals surface area (Å²) in [6.07, 6.45) is 0.529. The van der Waals surface area contributed by atoms with Gasteiger partial charge in [0.1, 0.15) is 5.75 Å². The lowest BCUT2D eigenvalue weighted by atomic mass is 10.1. The Morgan fingerprint density at radius 2 is 1.62 bits per heavy atom. The number of rotatable bonds is 6. The highest BCUT2D eigenvalue weighted by molar-refractivity contribution is 6.40. The predicted octanol–water partition coefficient (Wildman–Crippen LogP) is 2.86. The molecule has 3 aromatic carbocycles. The smallest absolute Gasteiger partial charge is 0.313 e. The molecule has 0 saturated heterocycles. The minimum atomic E-state index is -0.770. The maximum atomic E-state index is 12.2. The Morgan fingerprint density at radius 1 is 0.897 bits per heavy atom. The first-order valence-corrected chi connectivity index (χ1v) is 9.04. The van der Waals surface area contributed by atoms with Crippen LogP contribution in [0.2, 0.25) is 0 Å². The summed E-state index contributed by atoms with van der Waals surface area (Å²) in [4.78, 5) is 24.4. The summed E-state index contributed by atoms with van der Waals surface area (Å²) in [5.41, 5.74) is 1.39. The maximum absolute atomic E-state index is 12.2. The minimum Gasteiger partial charge on any atom is -0.507 e. The molecule has 3 N–H and O–H groups in total. The van der Waals surface area contributed by atoms with Crippen LogP contribution in [0.15, 0.2) is 54.6 Å². The highest BCUT2D eigenvalue weighted by atomic mass is 16.5. The van der Waals surface area contributed by atoms with Crippen LogP contribution in [0.4, 0.5) is 5.69 Å². The van der Waals surface area contributed by atoms with Crippen LogP contribution in [0.1, 0.15) is 5.56 Å². The SMILES string of the molecule is COc1ccc(CCNC(=O)C(=O)Nc2cccc3c(O)cccc23)cc1OC. The van der Waals surface area contributed by atoms with Crippen LogP contribution < -0.4 is 20.1 Å². The van der Waals surface area contributed by atoms with Gasteiger partial charge in [-0.05, 0) is 36.2 Å². The Hall–Kier alpha value is -3.74. The number of hydrogen-bond acceptors (Lipinski definition) is 5. The molecule has 7 nitrogen and oxygen atoms in total. The number of nitrogens with one attached hydrogen (secondary N) is 2. The quantitative estimate of drug-likeness (QED) is 0.559. The number of phenols is 1. The number of anilines is 1. The number of carbonyl (C=O) groups is 2. The van der Waals surface area contributed by atoms with Crippen LogP contribution in [0.5, 0.6) is 17.2 Å². The highest BCUT2D eigenvalue weighted by Gasteiger charge is 2.15. The van der Waals surface area contributed by atoms with Crippen LogP contribution >= 0.6 is 0 Å². The third kappa shape index (κ3) is 4.57. The molecule has 3 rings (SSSR count). The fraction of sp³-hybridized carbons (Fsp3) is 0.182. The zero-order chi connectivity index (χ0) is 20.8. The molecule has 0 aliphatic heterocycles. The van der Waals surface area contributed by atoms with Gasteiger partial charge in [-0.1, -0.05) is 30.3 Å². The van der Waals surface area contributed by atoms with E-state index in [1.165, 1.54) is 0 Å². The van der Waals surface area contributed by atoms with E-state index >= 15 is 0 Å². The number of benzene rings is 3. The number of methoxy groups -OCH3 is 2. The first-order chi connectivity index (χ1) is 14.0. The summed E-state index contributed by atoms with van der Waals surface area (Å²) < 4.78 is 10.5. The molecule has 0 heterocycles. The zero-order valence-electron chi connectivity index (χ0n) is 16.2. The fourth-order valence-corrected chi connectivity index (χ4v) is 3.02. The van der Waals surface area contributed by atoms with E-state index in [4.69, 9.17) is 9.47 Å². The number of aromatic hydroxyl groups is 1. The van der Waals surface area contributed by atoms with Crippen molar-refractivity contribution < 1.29 is 24.2 Å². The summed E-state index contributed by atoms with van der Waals surface area (Å²) in [7, 11) is 3.12. The molecule has 0 unspecified atom stereocenters. The molecule has 0 aliphatic carbocycles. The van der Waals surface area contributed by atoms with E-state index in [9.17, 15) is 14.7 Å². The standard InChI is InChI=1S/C22H22N2O5/c1-28-19-10-9-14(13-20(19)29-2)11-12-23-21(26)22(27)24-17-7-3-6-16-15(17)5-4-8-18(16)25/h3-10,13,25H,11-12H2,1-2H3,(H,23,26)(H,24,27). The van der Waals surface area contributed by atoms with Crippen LogP contribution in [-0.4, -0.2) is 37.7 Å². The molecule has 0 fully saturated rings. The van der Waals surface area contributed by atoms with E-state index in [1.54, 1.807) is 56.7 Å². The second kappa shape index (κ2) is 8.97. The van der Waals surface area contributed by atoms with Crippen LogP contribution in [0.3, 0.4) is 0 Å². The summed E-state index contributed by atoms with van der Waals surface area (Å²) >= 11 is 0. The number of ether oxygens (including phenoxy) is 2. The van der Waals surface area contributed by atoms with Gasteiger partial charge in [0.05, 0.1) is 14.2 Å². The van der Waals surface area contributed by atoms with E-state index in [0.29, 0.717) is 34.4 Å². The average molecular weight is 394 g/mol. The predicted molar refractivity (Wildman–Crippen MR) is 111 cm³/mol. The van der Waals surface area contributed by atoms with Crippen LogP contribution in [-0.2, 0) is 16.0 Å². The Kier molecular flexibility index (Phi) is 6.19. The van der Waals surface area contributed by atoms with Crippen molar-refractivity contribution in [1.29, 1.82) is 0 Å². The van der Waals surface area contributed by atoms with Gasteiger partial charge in [-0.3, -0.25) is 9.59 Å². The number of fused-ring (bicyclic) bond motifs is 1. The summed E-state index contributed by atoms with van der Waals surface area (Å²) in [6, 6.07) is 15.6. The highest BCUT2D eigenvalue weighted by Crippen LogP contribution is 2.30. The first-order valence-electron chi connectivity index (χ1n) is 9.04. The number of amides is 2. The van der Waals surface area contributed by atoms with E-state index in [-0.39, 0.29) is 12.3 Å². The third-order valence-electron chi connectivity index (χ3n) is 4.50. The maximum Gasteiger partial charge on any atom is 0.313 e. The first kappa shape index (κ1) is 20.0. The van der Waals surface area contributed by atoms with Crippen LogP contribution in [0, 0.1) is 0 Å². The van der Waals surface area contributed by atoms with Gasteiger partial charge in [0.15, 0.2) is 11.5 Å². The molecule has 0 atom stereocenters. The minimum absolute atomic E-state index is 0.109. The Balaban J connectivity index is 1.59. The molecule has 3 aromatic rings. The molecular weight excluding hydrogens is 372 g/mol. The Labute approximate surface area is 168 Å². The van der Waals surface area contributed by atoms with E-state index < -0.39 is 11.8 Å². The summed E-state index contributed by atoms with van der Waals surface area (Å²) in [6.45, 7) is 0.290. The molecule has 150 valence electrons. The molecular formula is C22H22N2O5. The molecule has 0 saturated carbocycles. The molecule has 29 heavy (non-hydrogen) atoms. The van der Waals surface area contributed by atoms with Gasteiger partial charge in [-0.2, -0.15) is 0 Å². The molecule has 0 aromatic heterocycles. The summed E-state index contributed by atoms with van der Waals surface area (Å²) in [5.74, 6) is -0.164. The number of hydrogen-bond donors (Lipinski definition) is 3. The van der Waals surface area contributed by atoms with Gasteiger partial charge in [-0.25, -0.2) is 0 Å². The van der Waals surface area contributed by atoms with Gasteiger partial charge in [0.25, 0.3) is 0 Å². The molecule has 2 amide bonds. The average Bonchev–Trinajstić information content (AvgIpc) is 2.74. The monoisotopic (exact) mass is 394 g/mol. The van der Waals surface area contributed by atoms with Crippen molar-refractivity contribution in [2.45, 2.75) is 6.42 Å². The fourth-order valence-electron chi connectivity index (χ4n) is 3.02. The second-order valence-electron chi connectivity index (χ2n) is 6.33. The Morgan fingerprint density at radius 3 is 2.38 bits per heavy atom. The van der Waals surface area contributed by atoms with E-state index in [1.807, 2.05) is 12.1 Å². The van der Waals surface area contributed by atoms with Gasteiger partial charge in [-0.15, -0.1) is 0 Å². The Bertz CT molecular complexity index is 1050. The van der Waals surface area contributed by atoms with Crippen molar-refractivity contribution >= 4 is 28.3 Å². The van der Waals surface area contributed by atoms with Crippen molar-refractivity contribution in [2.24, 2.45) is 0 Å². The van der Waals surface area contributed by atoms with E-state index in [0.717, 1.165) is 5.56 Å². The van der Waals surface area contributed by atoms with E-state index in [2.05, 4.69) is 10.6 Å². The van der Waals surface area contributed by atoms with Gasteiger partial charge in [0, 0.05) is 23.0 Å². The lowest BCUT2D eigenvalue weighted by Crippen LogP contribution is -2.36. The molecule has 0 aliphatic rings. The van der Waals surface area contributed by atoms with Crippen molar-refractivity contribution in [1.82, 2.24) is 5.32 Å². The lowest BCUT2D eigenvalue weighted by Gasteiger charge is -2.11. The van der Waals surface area contributed by atoms with Crippen molar-refractivity contribution in [2.75, 3.05) is 26.1 Å². The number of carbonyl (C=O) groups excluding carboxylic acids is 2. The lowest BCUT2D eigenvalue weighted by molar-refractivity contribution is -0.136. The molecule has 0 spiro atoms. The zero-order valence-corrected chi connectivity index (χ0v) is 16.2. The normalized spacial score (nSPS) is 10.4. The van der Waals surface area contributed by atoms with Crippen molar-refractivity contribution in [3.63, 3.8) is 0 Å². The second-order valence-corrected chi connectivity index (χ2v) is 6.33. The molecule has 0 radical (unpaired) electrons. The topological polar surface area (TPSA) is 96.9 Å². The summed E-state index contributed by atoms with van der Waals surface area (Å²) in [5, 5.41) is 16.4. The van der Waals surface area contributed by atoms with Crippen LogP contribution in [0.25, 0.3) is 10.8 Å². The van der Waals surface area contributed by atoms with Crippen molar-refractivity contribution in [3.05, 3.63) is 60.2 Å².